The summed E-state index contributed by atoms with van der Waals surface area (Å²) in [5.41, 5.74) is 7.59. The van der Waals surface area contributed by atoms with Gasteiger partial charge in [-0.25, -0.2) is 4.98 Å². The number of benzene rings is 1. The van der Waals surface area contributed by atoms with Crippen LogP contribution in [0.2, 0.25) is 0 Å². The summed E-state index contributed by atoms with van der Waals surface area (Å²) in [5, 5.41) is 9.93. The van der Waals surface area contributed by atoms with Crippen molar-refractivity contribution in [1.29, 1.82) is 0 Å². The molecule has 0 spiro atoms. The Hall–Kier alpha value is -2.40. The van der Waals surface area contributed by atoms with Crippen molar-refractivity contribution in [1.82, 2.24) is 4.98 Å². The van der Waals surface area contributed by atoms with Crippen molar-refractivity contribution < 1.29 is 14.6 Å². The number of ether oxygens (including phenoxy) is 1. The van der Waals surface area contributed by atoms with Gasteiger partial charge in [0, 0.05) is 12.3 Å². The van der Waals surface area contributed by atoms with Crippen molar-refractivity contribution in [2.45, 2.75) is 25.4 Å². The molecular formula is C16H16N2O3. The smallest absolute Gasteiger partial charge is 0.250 e. The van der Waals surface area contributed by atoms with Gasteiger partial charge < -0.3 is 15.6 Å². The van der Waals surface area contributed by atoms with Gasteiger partial charge in [0.1, 0.15) is 5.75 Å². The van der Waals surface area contributed by atoms with Crippen molar-refractivity contribution in [2.75, 3.05) is 0 Å². The van der Waals surface area contributed by atoms with Crippen LogP contribution in [-0.2, 0) is 6.42 Å². The molecule has 2 aromatic rings. The summed E-state index contributed by atoms with van der Waals surface area (Å²) in [6, 6.07) is 8.83. The highest BCUT2D eigenvalue weighted by molar-refractivity contribution is 5.92. The second kappa shape index (κ2) is 5.54. The first kappa shape index (κ1) is 13.6. The van der Waals surface area contributed by atoms with E-state index < -0.39 is 5.91 Å². The summed E-state index contributed by atoms with van der Waals surface area (Å²) in [6.07, 6.45) is 3.74. The number of aliphatic hydroxyl groups is 1. The van der Waals surface area contributed by atoms with Gasteiger partial charge in [-0.15, -0.1) is 0 Å². The molecule has 0 fully saturated rings. The summed E-state index contributed by atoms with van der Waals surface area (Å²) in [5.74, 6) is 0.551. The van der Waals surface area contributed by atoms with E-state index in [2.05, 4.69) is 4.98 Å². The second-order valence-corrected chi connectivity index (χ2v) is 5.12. The lowest BCUT2D eigenvalue weighted by atomic mass is 9.89. The van der Waals surface area contributed by atoms with Crippen LogP contribution in [-0.4, -0.2) is 16.0 Å². The number of aliphatic hydroxyl groups excluding tert-OH is 1. The van der Waals surface area contributed by atoms with Crippen LogP contribution in [0, 0.1) is 0 Å². The maximum absolute atomic E-state index is 11.0. The van der Waals surface area contributed by atoms with E-state index in [-0.39, 0.29) is 6.10 Å². The van der Waals surface area contributed by atoms with Gasteiger partial charge in [0.25, 0.3) is 0 Å². The predicted molar refractivity (Wildman–Crippen MR) is 77.2 cm³/mol. The number of carbonyl (C=O) groups excluding carboxylic acids is 1. The minimum atomic E-state index is -0.517. The fraction of sp³-hybridized carbons (Fsp3) is 0.250. The number of nitrogens with two attached hydrogens (primary N) is 1. The molecule has 3 rings (SSSR count). The minimum Gasteiger partial charge on any atom is -0.439 e. The Morgan fingerprint density at radius 1 is 1.33 bits per heavy atom. The van der Waals surface area contributed by atoms with Crippen molar-refractivity contribution in [3.63, 3.8) is 0 Å². The van der Waals surface area contributed by atoms with E-state index in [1.807, 2.05) is 18.2 Å². The average molecular weight is 284 g/mol. The summed E-state index contributed by atoms with van der Waals surface area (Å²) in [4.78, 5) is 15.0. The van der Waals surface area contributed by atoms with Gasteiger partial charge in [-0.1, -0.05) is 6.07 Å². The Morgan fingerprint density at radius 2 is 2.19 bits per heavy atom. The Balaban J connectivity index is 1.80. The van der Waals surface area contributed by atoms with Crippen LogP contribution in [0.1, 0.15) is 40.4 Å². The van der Waals surface area contributed by atoms with Crippen LogP contribution in [0.5, 0.6) is 11.6 Å². The molecule has 1 aliphatic carbocycles. The largest absolute Gasteiger partial charge is 0.439 e. The summed E-state index contributed by atoms with van der Waals surface area (Å²) in [7, 11) is 0. The van der Waals surface area contributed by atoms with Crippen molar-refractivity contribution in [3.8, 4) is 11.6 Å². The van der Waals surface area contributed by atoms with E-state index in [9.17, 15) is 9.90 Å². The molecule has 0 radical (unpaired) electrons. The SMILES string of the molecule is NC(=O)c1ccc(Oc2ccc3c(c2)CCCC3O)nc1. The summed E-state index contributed by atoms with van der Waals surface area (Å²) < 4.78 is 5.67. The standard InChI is InChI=1S/C16H16N2O3/c17-16(20)11-4-7-15(18-9-11)21-12-5-6-13-10(8-12)2-1-3-14(13)19/h4-9,14,19H,1-3H2,(H2,17,20). The molecule has 1 atom stereocenters. The number of amides is 1. The molecule has 21 heavy (non-hydrogen) atoms. The van der Waals surface area contributed by atoms with Gasteiger partial charge in [-0.05, 0) is 48.6 Å². The quantitative estimate of drug-likeness (QED) is 0.906. The number of fused-ring (bicyclic) bond motifs is 1. The molecule has 5 nitrogen and oxygen atoms in total. The minimum absolute atomic E-state index is 0.343. The van der Waals surface area contributed by atoms with E-state index in [0.29, 0.717) is 17.2 Å². The van der Waals surface area contributed by atoms with Gasteiger partial charge >= 0.3 is 0 Å². The molecule has 1 aromatic carbocycles. The third kappa shape index (κ3) is 2.87. The zero-order valence-corrected chi connectivity index (χ0v) is 11.5. The third-order valence-electron chi connectivity index (χ3n) is 3.64. The van der Waals surface area contributed by atoms with Gasteiger partial charge in [0.05, 0.1) is 11.7 Å². The zero-order valence-electron chi connectivity index (χ0n) is 11.5. The lowest BCUT2D eigenvalue weighted by Gasteiger charge is -2.21. The highest BCUT2D eigenvalue weighted by atomic mass is 16.5. The first-order valence-electron chi connectivity index (χ1n) is 6.88. The Labute approximate surface area is 122 Å². The Kier molecular flexibility index (Phi) is 3.58. The first-order valence-corrected chi connectivity index (χ1v) is 6.88. The molecule has 0 aliphatic heterocycles. The normalized spacial score (nSPS) is 17.1. The molecule has 3 N–H and O–H groups in total. The number of primary amides is 1. The summed E-state index contributed by atoms with van der Waals surface area (Å²) in [6.45, 7) is 0. The second-order valence-electron chi connectivity index (χ2n) is 5.12. The maximum Gasteiger partial charge on any atom is 0.250 e. The van der Waals surface area contributed by atoms with E-state index in [4.69, 9.17) is 10.5 Å². The lowest BCUT2D eigenvalue weighted by Crippen LogP contribution is -2.11. The van der Waals surface area contributed by atoms with Crippen molar-refractivity contribution in [3.05, 3.63) is 53.2 Å². The molecule has 0 saturated heterocycles. The molecule has 1 heterocycles. The molecular weight excluding hydrogens is 268 g/mol. The molecule has 0 saturated carbocycles. The number of aryl methyl sites for hydroxylation is 1. The van der Waals surface area contributed by atoms with Crippen molar-refractivity contribution in [2.24, 2.45) is 5.73 Å². The van der Waals surface area contributed by atoms with E-state index in [1.165, 1.54) is 6.20 Å². The lowest BCUT2D eigenvalue weighted by molar-refractivity contribution is 0.1000. The predicted octanol–water partition coefficient (Wildman–Crippen LogP) is 2.34. The van der Waals surface area contributed by atoms with Crippen LogP contribution in [0.3, 0.4) is 0 Å². The van der Waals surface area contributed by atoms with E-state index in [1.54, 1.807) is 12.1 Å². The number of carbonyl (C=O) groups is 1. The molecule has 1 unspecified atom stereocenters. The highest BCUT2D eigenvalue weighted by Gasteiger charge is 2.18. The number of nitrogens with zero attached hydrogens (tertiary/aromatic N) is 1. The highest BCUT2D eigenvalue weighted by Crippen LogP contribution is 2.33. The van der Waals surface area contributed by atoms with Gasteiger partial charge in [0.2, 0.25) is 11.8 Å². The first-order chi connectivity index (χ1) is 10.1. The number of hydrogen-bond acceptors (Lipinski definition) is 4. The topological polar surface area (TPSA) is 85.4 Å². The third-order valence-corrected chi connectivity index (χ3v) is 3.64. The molecule has 1 aromatic heterocycles. The molecule has 0 bridgehead atoms. The fourth-order valence-corrected chi connectivity index (χ4v) is 2.54. The Morgan fingerprint density at radius 3 is 2.90 bits per heavy atom. The summed E-state index contributed by atoms with van der Waals surface area (Å²) >= 11 is 0. The maximum atomic E-state index is 11.0. The van der Waals surface area contributed by atoms with Crippen LogP contribution in [0.4, 0.5) is 0 Å². The Bertz CT molecular complexity index is 668. The average Bonchev–Trinajstić information content (AvgIpc) is 2.48. The number of rotatable bonds is 3. The molecule has 5 heteroatoms. The van der Waals surface area contributed by atoms with Crippen molar-refractivity contribution >= 4 is 5.91 Å². The number of hydrogen-bond donors (Lipinski definition) is 2. The van der Waals surface area contributed by atoms with Crippen LogP contribution < -0.4 is 10.5 Å². The molecule has 1 amide bonds. The fourth-order valence-electron chi connectivity index (χ4n) is 2.54. The monoisotopic (exact) mass is 284 g/mol. The molecule has 108 valence electrons. The van der Waals surface area contributed by atoms with Gasteiger partial charge in [-0.2, -0.15) is 0 Å². The van der Waals surface area contributed by atoms with Crippen LogP contribution >= 0.6 is 0 Å². The van der Waals surface area contributed by atoms with E-state index in [0.717, 1.165) is 30.4 Å². The molecule has 1 aliphatic rings. The number of aromatic nitrogens is 1. The van der Waals surface area contributed by atoms with Gasteiger partial charge in [-0.3, -0.25) is 4.79 Å². The van der Waals surface area contributed by atoms with Crippen LogP contribution in [0.15, 0.2) is 36.5 Å². The zero-order chi connectivity index (χ0) is 14.8. The van der Waals surface area contributed by atoms with Gasteiger partial charge in [0.15, 0.2) is 0 Å². The number of pyridine rings is 1. The van der Waals surface area contributed by atoms with Crippen LogP contribution in [0.25, 0.3) is 0 Å². The van der Waals surface area contributed by atoms with E-state index >= 15 is 0 Å².